The fourth-order valence-corrected chi connectivity index (χ4v) is 1.90. The molecule has 0 radical (unpaired) electrons. The monoisotopic (exact) mass is 277 g/mol. The van der Waals surface area contributed by atoms with Crippen LogP contribution in [0.25, 0.3) is 0 Å². The van der Waals surface area contributed by atoms with Crippen LogP contribution >= 0.6 is 0 Å². The van der Waals surface area contributed by atoms with Gasteiger partial charge in [-0.05, 0) is 45.4 Å². The van der Waals surface area contributed by atoms with Crippen molar-refractivity contribution in [3.8, 4) is 0 Å². The molecule has 1 nitrogen and oxygen atoms in total. The Morgan fingerprint density at radius 3 is 2.30 bits per heavy atom. The molecule has 0 N–H and O–H groups in total. The number of ketones is 1. The van der Waals surface area contributed by atoms with Crippen LogP contribution in [0.4, 0.5) is 0 Å². The largest absolute Gasteiger partial charge is 0.300 e. The van der Waals surface area contributed by atoms with Crippen molar-refractivity contribution < 1.29 is 6.17 Å². The third kappa shape index (κ3) is 16.9. The summed E-state index contributed by atoms with van der Waals surface area (Å²) < 4.78 is 7.83. The highest BCUT2D eigenvalue weighted by Crippen LogP contribution is 2.08. The molecule has 1 unspecified atom stereocenters. The highest BCUT2D eigenvalue weighted by molar-refractivity contribution is 5.75. The summed E-state index contributed by atoms with van der Waals surface area (Å²) in [6.45, 7) is 3.79. The molecule has 114 valence electrons. The Bertz CT molecular complexity index is 328. The smallest absolute Gasteiger partial charge is 0.129 e. The van der Waals surface area contributed by atoms with Crippen LogP contribution in [-0.4, -0.2) is 5.78 Å². The number of unbranched alkanes of at least 4 members (excludes halogenated alkanes) is 5. The van der Waals surface area contributed by atoms with Gasteiger partial charge in [0.1, 0.15) is 5.78 Å². The fourth-order valence-electron chi connectivity index (χ4n) is 1.90. The summed E-state index contributed by atoms with van der Waals surface area (Å²) in [5.74, 6) is 0.303. The number of hydrogen-bond acceptors (Lipinski definition) is 1. The van der Waals surface area contributed by atoms with Gasteiger partial charge in [-0.3, -0.25) is 0 Å². The second-order valence-electron chi connectivity index (χ2n) is 5.17. The Kier molecular flexibility index (Phi) is 13.5. The standard InChI is InChI=1S/C19H32O/c1-3-4-5-6-7-8-9-10-11-12-13-14-15-16-17-18-19(2)20/h4-5,7-8,10-11H,3,6,9,12-18H2,1-2H3/b5-4-,8-7-,11-10-/i9D. The minimum absolute atomic E-state index is 0.212. The summed E-state index contributed by atoms with van der Waals surface area (Å²) in [4.78, 5) is 10.8. The lowest BCUT2D eigenvalue weighted by Crippen LogP contribution is -1.89. The van der Waals surface area contributed by atoms with Crippen molar-refractivity contribution in [1.29, 1.82) is 0 Å². The Morgan fingerprint density at radius 1 is 0.900 bits per heavy atom. The van der Waals surface area contributed by atoms with Crippen LogP contribution in [0.5, 0.6) is 0 Å². The number of allylic oxidation sites excluding steroid dienone is 6. The second kappa shape index (κ2) is 15.9. The van der Waals surface area contributed by atoms with Gasteiger partial charge >= 0.3 is 0 Å². The molecule has 0 aliphatic rings. The molecular formula is C19H32O. The number of rotatable bonds is 13. The molecule has 0 fully saturated rings. The van der Waals surface area contributed by atoms with Gasteiger partial charge in [-0.2, -0.15) is 0 Å². The molecule has 20 heavy (non-hydrogen) atoms. The molecule has 0 saturated carbocycles. The quantitative estimate of drug-likeness (QED) is 0.291. The van der Waals surface area contributed by atoms with Crippen LogP contribution in [-0.2, 0) is 4.79 Å². The molecular weight excluding hydrogens is 244 g/mol. The van der Waals surface area contributed by atoms with Gasteiger partial charge < -0.3 is 4.79 Å². The van der Waals surface area contributed by atoms with Crippen LogP contribution in [0.3, 0.4) is 0 Å². The van der Waals surface area contributed by atoms with E-state index < -0.39 is 0 Å². The van der Waals surface area contributed by atoms with E-state index >= 15 is 0 Å². The van der Waals surface area contributed by atoms with E-state index in [9.17, 15) is 4.79 Å². The van der Waals surface area contributed by atoms with Crippen LogP contribution in [0, 0.1) is 0 Å². The van der Waals surface area contributed by atoms with Gasteiger partial charge in [0, 0.05) is 7.79 Å². The Balaban J connectivity index is 3.45. The van der Waals surface area contributed by atoms with Gasteiger partial charge in [0.15, 0.2) is 0 Å². The van der Waals surface area contributed by atoms with Crippen molar-refractivity contribution in [3.63, 3.8) is 0 Å². The number of carbonyl (C=O) groups excluding carboxylic acids is 1. The Morgan fingerprint density at radius 2 is 1.55 bits per heavy atom. The molecule has 0 heterocycles. The first kappa shape index (κ1) is 16.9. The molecule has 0 aromatic rings. The second-order valence-corrected chi connectivity index (χ2v) is 5.17. The number of carbonyl (C=O) groups is 1. The molecule has 0 aromatic heterocycles. The van der Waals surface area contributed by atoms with Crippen molar-refractivity contribution in [2.24, 2.45) is 0 Å². The molecule has 0 aliphatic heterocycles. The minimum atomic E-state index is -0.212. The van der Waals surface area contributed by atoms with Crippen molar-refractivity contribution in [2.75, 3.05) is 0 Å². The van der Waals surface area contributed by atoms with E-state index in [1.54, 1.807) is 6.92 Å². The van der Waals surface area contributed by atoms with Crippen molar-refractivity contribution in [3.05, 3.63) is 36.5 Å². The van der Waals surface area contributed by atoms with Crippen molar-refractivity contribution >= 4 is 5.78 Å². The topological polar surface area (TPSA) is 17.1 Å². The first-order valence-electron chi connectivity index (χ1n) is 8.64. The normalized spacial score (nSPS) is 14.4. The average molecular weight is 277 g/mol. The molecule has 1 heteroatoms. The van der Waals surface area contributed by atoms with E-state index in [1.807, 2.05) is 12.2 Å². The molecule has 0 aliphatic carbocycles. The lowest BCUT2D eigenvalue weighted by Gasteiger charge is -1.98. The zero-order chi connectivity index (χ0) is 15.8. The molecule has 0 rings (SSSR count). The molecule has 0 aromatic carbocycles. The van der Waals surface area contributed by atoms with E-state index in [0.29, 0.717) is 5.78 Å². The number of hydrogen-bond donors (Lipinski definition) is 0. The summed E-state index contributed by atoms with van der Waals surface area (Å²) in [7, 11) is 0. The Hall–Kier alpha value is -1.11. The van der Waals surface area contributed by atoms with E-state index in [2.05, 4.69) is 31.2 Å². The fraction of sp³-hybridized carbons (Fsp3) is 0.632. The van der Waals surface area contributed by atoms with Gasteiger partial charge in [-0.1, -0.05) is 62.6 Å². The first-order chi connectivity index (χ1) is 10.2. The average Bonchev–Trinajstić information content (AvgIpc) is 2.45. The van der Waals surface area contributed by atoms with Gasteiger partial charge in [-0.15, -0.1) is 0 Å². The molecule has 1 atom stereocenters. The zero-order valence-electron chi connectivity index (χ0n) is 14.3. The lowest BCUT2D eigenvalue weighted by atomic mass is 10.1. The van der Waals surface area contributed by atoms with E-state index in [-0.39, 0.29) is 6.40 Å². The van der Waals surface area contributed by atoms with Crippen molar-refractivity contribution in [2.45, 2.75) is 78.0 Å². The van der Waals surface area contributed by atoms with Crippen LogP contribution in [0.2, 0.25) is 0 Å². The molecule has 0 saturated heterocycles. The first-order valence-corrected chi connectivity index (χ1v) is 8.06. The highest BCUT2D eigenvalue weighted by atomic mass is 16.1. The van der Waals surface area contributed by atoms with Crippen LogP contribution in [0.15, 0.2) is 36.5 Å². The summed E-state index contributed by atoms with van der Waals surface area (Å²) in [6, 6.07) is 0. The molecule has 0 amide bonds. The Labute approximate surface area is 127 Å². The lowest BCUT2D eigenvalue weighted by molar-refractivity contribution is -0.117. The van der Waals surface area contributed by atoms with Gasteiger partial charge in [0.2, 0.25) is 0 Å². The predicted octanol–water partition coefficient (Wildman–Crippen LogP) is 6.16. The minimum Gasteiger partial charge on any atom is -0.300 e. The van der Waals surface area contributed by atoms with Gasteiger partial charge in [0.25, 0.3) is 0 Å². The highest BCUT2D eigenvalue weighted by Gasteiger charge is 1.93. The van der Waals surface area contributed by atoms with Gasteiger partial charge in [-0.25, -0.2) is 0 Å². The molecule has 0 bridgehead atoms. The van der Waals surface area contributed by atoms with Gasteiger partial charge in [0.05, 0.1) is 0 Å². The van der Waals surface area contributed by atoms with Crippen molar-refractivity contribution in [1.82, 2.24) is 0 Å². The maximum Gasteiger partial charge on any atom is 0.129 e. The summed E-state index contributed by atoms with van der Waals surface area (Å²) >= 11 is 0. The van der Waals surface area contributed by atoms with E-state index in [0.717, 1.165) is 32.1 Å². The third-order valence-corrected chi connectivity index (χ3v) is 3.07. The SMILES string of the molecule is [2H]C(/C=C\C/C=C\CC)/C=C\CCCCCCCC(C)=O. The third-order valence-electron chi connectivity index (χ3n) is 3.07. The predicted molar refractivity (Wildman–Crippen MR) is 89.9 cm³/mol. The van der Waals surface area contributed by atoms with E-state index in [4.69, 9.17) is 1.37 Å². The summed E-state index contributed by atoms with van der Waals surface area (Å²) in [6.07, 6.45) is 21.8. The zero-order valence-corrected chi connectivity index (χ0v) is 13.3. The summed E-state index contributed by atoms with van der Waals surface area (Å²) in [5.41, 5.74) is 0. The number of Topliss-reactive ketones (excluding diaryl/α,β-unsaturated/α-hetero) is 1. The van der Waals surface area contributed by atoms with Crippen LogP contribution < -0.4 is 0 Å². The maximum atomic E-state index is 10.8. The maximum absolute atomic E-state index is 10.8. The van der Waals surface area contributed by atoms with E-state index in [1.165, 1.54) is 25.7 Å². The molecule has 0 spiro atoms. The van der Waals surface area contributed by atoms with Crippen LogP contribution in [0.1, 0.15) is 79.4 Å². The summed E-state index contributed by atoms with van der Waals surface area (Å²) in [5, 5.41) is 0.